The van der Waals surface area contributed by atoms with Gasteiger partial charge < -0.3 is 10.5 Å². The fourth-order valence-corrected chi connectivity index (χ4v) is 1.98. The summed E-state index contributed by atoms with van der Waals surface area (Å²) in [6.07, 6.45) is 0. The Labute approximate surface area is 121 Å². The number of halogens is 3. The average Bonchev–Trinajstić information content (AvgIpc) is 2.39. The van der Waals surface area contributed by atoms with Gasteiger partial charge >= 0.3 is 0 Å². The van der Waals surface area contributed by atoms with E-state index in [0.29, 0.717) is 21.9 Å². The smallest absolute Gasteiger partial charge is 0.131 e. The van der Waals surface area contributed by atoms with Crippen LogP contribution in [-0.4, -0.2) is 0 Å². The lowest BCUT2D eigenvalue weighted by Crippen LogP contribution is -2.07. The highest BCUT2D eigenvalue weighted by Crippen LogP contribution is 2.22. The molecule has 0 aromatic heterocycles. The van der Waals surface area contributed by atoms with Gasteiger partial charge in [0.05, 0.1) is 0 Å². The molecule has 0 saturated carbocycles. The fourth-order valence-electron chi connectivity index (χ4n) is 1.78. The predicted molar refractivity (Wildman–Crippen MR) is 74.7 cm³/mol. The Morgan fingerprint density at radius 2 is 1.90 bits per heavy atom. The zero-order chi connectivity index (χ0) is 14.7. The highest BCUT2D eigenvalue weighted by atomic mass is 35.5. The van der Waals surface area contributed by atoms with E-state index in [-0.39, 0.29) is 6.61 Å². The molecule has 2 nitrogen and oxygen atoms in total. The minimum absolute atomic E-state index is 0.0244. The van der Waals surface area contributed by atoms with Crippen molar-refractivity contribution in [3.63, 3.8) is 0 Å². The SMILES string of the molecule is C[C@@H](N)c1ccc(OCc2cc(Cl)ccc2F)cc1F. The molecule has 0 fully saturated rings. The van der Waals surface area contributed by atoms with Crippen molar-refractivity contribution >= 4 is 11.6 Å². The van der Waals surface area contributed by atoms with Gasteiger partial charge in [-0.1, -0.05) is 17.7 Å². The quantitative estimate of drug-likeness (QED) is 0.917. The van der Waals surface area contributed by atoms with Gasteiger partial charge in [-0.05, 0) is 31.2 Å². The molecule has 0 saturated heterocycles. The molecule has 0 aliphatic heterocycles. The van der Waals surface area contributed by atoms with Crippen molar-refractivity contribution in [1.29, 1.82) is 0 Å². The van der Waals surface area contributed by atoms with E-state index in [0.717, 1.165) is 0 Å². The first-order chi connectivity index (χ1) is 9.47. The number of hydrogen-bond donors (Lipinski definition) is 1. The molecule has 2 N–H and O–H groups in total. The number of hydrogen-bond acceptors (Lipinski definition) is 2. The van der Waals surface area contributed by atoms with E-state index < -0.39 is 17.7 Å². The first kappa shape index (κ1) is 14.8. The van der Waals surface area contributed by atoms with Crippen LogP contribution in [0.3, 0.4) is 0 Å². The van der Waals surface area contributed by atoms with Crippen LogP contribution in [0.4, 0.5) is 8.78 Å². The Morgan fingerprint density at radius 1 is 1.15 bits per heavy atom. The summed E-state index contributed by atoms with van der Waals surface area (Å²) in [5.41, 5.74) is 6.34. The third-order valence-corrected chi connectivity index (χ3v) is 3.10. The molecule has 20 heavy (non-hydrogen) atoms. The normalized spacial score (nSPS) is 12.2. The maximum Gasteiger partial charge on any atom is 0.131 e. The average molecular weight is 298 g/mol. The number of rotatable bonds is 4. The van der Waals surface area contributed by atoms with Crippen molar-refractivity contribution < 1.29 is 13.5 Å². The Kier molecular flexibility index (Phi) is 4.57. The summed E-state index contributed by atoms with van der Waals surface area (Å²) >= 11 is 5.78. The highest BCUT2D eigenvalue weighted by molar-refractivity contribution is 6.30. The molecule has 0 unspecified atom stereocenters. The lowest BCUT2D eigenvalue weighted by Gasteiger charge is -2.11. The lowest BCUT2D eigenvalue weighted by molar-refractivity contribution is 0.298. The first-order valence-corrected chi connectivity index (χ1v) is 6.47. The number of nitrogens with two attached hydrogens (primary N) is 1. The molecule has 2 rings (SSSR count). The van der Waals surface area contributed by atoms with E-state index >= 15 is 0 Å². The first-order valence-electron chi connectivity index (χ1n) is 6.09. The Morgan fingerprint density at radius 3 is 2.55 bits per heavy atom. The van der Waals surface area contributed by atoms with Crippen molar-refractivity contribution in [3.05, 3.63) is 64.2 Å². The van der Waals surface area contributed by atoms with Crippen molar-refractivity contribution in [2.45, 2.75) is 19.6 Å². The van der Waals surface area contributed by atoms with Gasteiger partial charge in [0, 0.05) is 28.3 Å². The van der Waals surface area contributed by atoms with Gasteiger partial charge in [-0.25, -0.2) is 8.78 Å². The molecule has 0 amide bonds. The van der Waals surface area contributed by atoms with Gasteiger partial charge in [0.1, 0.15) is 24.0 Å². The van der Waals surface area contributed by atoms with E-state index in [2.05, 4.69) is 0 Å². The summed E-state index contributed by atoms with van der Waals surface area (Å²) < 4.78 is 32.6. The van der Waals surface area contributed by atoms with Crippen LogP contribution in [0.25, 0.3) is 0 Å². The zero-order valence-electron chi connectivity index (χ0n) is 10.9. The van der Waals surface area contributed by atoms with Crippen LogP contribution in [0.15, 0.2) is 36.4 Å². The van der Waals surface area contributed by atoms with Crippen LogP contribution in [0.2, 0.25) is 5.02 Å². The van der Waals surface area contributed by atoms with E-state index in [1.807, 2.05) is 0 Å². The topological polar surface area (TPSA) is 35.2 Å². The summed E-state index contributed by atoms with van der Waals surface area (Å²) in [6.45, 7) is 1.67. The second-order valence-electron chi connectivity index (χ2n) is 4.50. The summed E-state index contributed by atoms with van der Waals surface area (Å²) in [7, 11) is 0. The third-order valence-electron chi connectivity index (χ3n) is 2.86. The predicted octanol–water partition coefficient (Wildman–Crippen LogP) is 4.22. The van der Waals surface area contributed by atoms with E-state index in [1.165, 1.54) is 24.3 Å². The Bertz CT molecular complexity index is 617. The van der Waals surface area contributed by atoms with Gasteiger partial charge in [-0.3, -0.25) is 0 Å². The molecule has 1 atom stereocenters. The van der Waals surface area contributed by atoms with Gasteiger partial charge in [-0.2, -0.15) is 0 Å². The van der Waals surface area contributed by atoms with Crippen molar-refractivity contribution in [2.75, 3.05) is 0 Å². The van der Waals surface area contributed by atoms with Crippen molar-refractivity contribution in [2.24, 2.45) is 5.73 Å². The molecule has 2 aromatic carbocycles. The molecule has 0 spiro atoms. The molecule has 5 heteroatoms. The third kappa shape index (κ3) is 3.46. The minimum Gasteiger partial charge on any atom is -0.489 e. The molecular weight excluding hydrogens is 284 g/mol. The molecule has 2 aromatic rings. The second kappa shape index (κ2) is 6.20. The monoisotopic (exact) mass is 297 g/mol. The molecule has 0 radical (unpaired) electrons. The maximum atomic E-state index is 13.7. The van der Waals surface area contributed by atoms with Gasteiger partial charge in [0.2, 0.25) is 0 Å². The largest absolute Gasteiger partial charge is 0.489 e. The molecule has 0 aliphatic rings. The minimum atomic E-state index is -0.441. The highest BCUT2D eigenvalue weighted by Gasteiger charge is 2.09. The van der Waals surface area contributed by atoms with Gasteiger partial charge in [0.25, 0.3) is 0 Å². The van der Waals surface area contributed by atoms with Crippen LogP contribution in [0, 0.1) is 11.6 Å². The van der Waals surface area contributed by atoms with Crippen LogP contribution in [0.1, 0.15) is 24.1 Å². The van der Waals surface area contributed by atoms with Gasteiger partial charge in [0.15, 0.2) is 0 Å². The summed E-state index contributed by atoms with van der Waals surface area (Å²) in [6, 6.07) is 8.20. The molecule has 106 valence electrons. The van der Waals surface area contributed by atoms with E-state index in [9.17, 15) is 8.78 Å². The fraction of sp³-hybridized carbons (Fsp3) is 0.200. The van der Waals surface area contributed by atoms with Gasteiger partial charge in [-0.15, -0.1) is 0 Å². The van der Waals surface area contributed by atoms with Crippen LogP contribution >= 0.6 is 11.6 Å². The number of ether oxygens (including phenoxy) is 1. The van der Waals surface area contributed by atoms with E-state index in [4.69, 9.17) is 22.1 Å². The van der Waals surface area contributed by atoms with Crippen molar-refractivity contribution in [1.82, 2.24) is 0 Å². The lowest BCUT2D eigenvalue weighted by atomic mass is 10.1. The standard InChI is InChI=1S/C15H14ClF2NO/c1-9(19)13-4-3-12(7-15(13)18)20-8-10-6-11(16)2-5-14(10)17/h2-7,9H,8,19H2,1H3/t9-/m1/s1. The second-order valence-corrected chi connectivity index (χ2v) is 4.93. The maximum absolute atomic E-state index is 13.7. The molecular formula is C15H14ClF2NO. The summed E-state index contributed by atoms with van der Waals surface area (Å²) in [5, 5.41) is 0.420. The van der Waals surface area contributed by atoms with Crippen molar-refractivity contribution in [3.8, 4) is 5.75 Å². The van der Waals surface area contributed by atoms with Crippen LogP contribution < -0.4 is 10.5 Å². The summed E-state index contributed by atoms with van der Waals surface area (Å²) in [4.78, 5) is 0. The van der Waals surface area contributed by atoms with Crippen LogP contribution in [0.5, 0.6) is 5.75 Å². The van der Waals surface area contributed by atoms with Crippen LogP contribution in [-0.2, 0) is 6.61 Å². The zero-order valence-corrected chi connectivity index (χ0v) is 11.6. The molecule has 0 aliphatic carbocycles. The number of benzene rings is 2. The molecule has 0 bridgehead atoms. The van der Waals surface area contributed by atoms with E-state index in [1.54, 1.807) is 19.1 Å². The molecule has 0 heterocycles. The Balaban J connectivity index is 2.11. The summed E-state index contributed by atoms with van der Waals surface area (Å²) in [5.74, 6) is -0.544. The Hall–Kier alpha value is -1.65.